The van der Waals surface area contributed by atoms with Gasteiger partial charge in [-0.05, 0) is 18.4 Å². The molecule has 0 unspecified atom stereocenters. The van der Waals surface area contributed by atoms with Gasteiger partial charge in [-0.3, -0.25) is 14.9 Å². The van der Waals surface area contributed by atoms with Gasteiger partial charge in [-0.2, -0.15) is 0 Å². The van der Waals surface area contributed by atoms with Gasteiger partial charge in [0.2, 0.25) is 0 Å². The maximum absolute atomic E-state index is 12.2. The Labute approximate surface area is 129 Å². The maximum Gasteiger partial charge on any atom is 0.288 e. The van der Waals surface area contributed by atoms with E-state index in [4.69, 9.17) is 11.6 Å². The molecule has 0 bridgehead atoms. The van der Waals surface area contributed by atoms with Crippen molar-refractivity contribution in [1.82, 2.24) is 4.98 Å². The lowest BCUT2D eigenvalue weighted by Gasteiger charge is -2.09. The normalized spacial score (nSPS) is 10.2. The standard InChI is InChI=1S/C13H10ClN3O3S/c1-21-11-5-3-2-4-10(11)16-13(18)9-6-8(17(19)20)7-15-12(9)14/h2-7H,1H3,(H,16,18). The monoisotopic (exact) mass is 323 g/mol. The van der Waals surface area contributed by atoms with E-state index in [1.807, 2.05) is 18.4 Å². The molecule has 0 saturated heterocycles. The summed E-state index contributed by atoms with van der Waals surface area (Å²) in [6.07, 6.45) is 2.89. The zero-order valence-corrected chi connectivity index (χ0v) is 12.4. The van der Waals surface area contributed by atoms with Gasteiger partial charge in [0.05, 0.1) is 16.2 Å². The van der Waals surface area contributed by atoms with Crippen LogP contribution in [0.15, 0.2) is 41.4 Å². The van der Waals surface area contributed by atoms with Crippen molar-refractivity contribution < 1.29 is 9.72 Å². The van der Waals surface area contributed by atoms with E-state index in [0.717, 1.165) is 17.2 Å². The minimum Gasteiger partial charge on any atom is -0.321 e. The van der Waals surface area contributed by atoms with Gasteiger partial charge in [-0.25, -0.2) is 4.98 Å². The number of carbonyl (C=O) groups excluding carboxylic acids is 1. The number of hydrogen-bond acceptors (Lipinski definition) is 5. The van der Waals surface area contributed by atoms with Gasteiger partial charge in [0.15, 0.2) is 0 Å². The van der Waals surface area contributed by atoms with Crippen LogP contribution in [0.3, 0.4) is 0 Å². The van der Waals surface area contributed by atoms with E-state index in [1.165, 1.54) is 11.8 Å². The Kier molecular flexibility index (Phi) is 4.77. The van der Waals surface area contributed by atoms with Gasteiger partial charge in [0.1, 0.15) is 11.3 Å². The van der Waals surface area contributed by atoms with Crippen LogP contribution in [0.2, 0.25) is 5.15 Å². The maximum atomic E-state index is 12.2. The van der Waals surface area contributed by atoms with Gasteiger partial charge in [0, 0.05) is 11.0 Å². The fourth-order valence-corrected chi connectivity index (χ4v) is 2.38. The van der Waals surface area contributed by atoms with Crippen molar-refractivity contribution in [2.75, 3.05) is 11.6 Å². The molecule has 0 aliphatic heterocycles. The molecule has 0 aliphatic carbocycles. The Hall–Kier alpha value is -2.12. The van der Waals surface area contributed by atoms with Crippen LogP contribution < -0.4 is 5.32 Å². The highest BCUT2D eigenvalue weighted by atomic mass is 35.5. The molecule has 8 heteroatoms. The molecule has 0 saturated carbocycles. The highest BCUT2D eigenvalue weighted by Gasteiger charge is 2.18. The van der Waals surface area contributed by atoms with Gasteiger partial charge >= 0.3 is 0 Å². The number of rotatable bonds is 4. The molecule has 1 amide bonds. The van der Waals surface area contributed by atoms with Crippen LogP contribution in [0.5, 0.6) is 0 Å². The summed E-state index contributed by atoms with van der Waals surface area (Å²) in [5.41, 5.74) is 0.280. The lowest BCUT2D eigenvalue weighted by atomic mass is 10.2. The third-order valence-electron chi connectivity index (χ3n) is 2.64. The van der Waals surface area contributed by atoms with Crippen molar-refractivity contribution in [3.05, 3.63) is 57.4 Å². The van der Waals surface area contributed by atoms with Crippen molar-refractivity contribution >= 4 is 40.6 Å². The fourth-order valence-electron chi connectivity index (χ4n) is 1.63. The highest BCUT2D eigenvalue weighted by Crippen LogP contribution is 2.26. The minimum atomic E-state index is -0.629. The number of amides is 1. The van der Waals surface area contributed by atoms with Crippen molar-refractivity contribution in [3.63, 3.8) is 0 Å². The van der Waals surface area contributed by atoms with Crippen LogP contribution in [-0.4, -0.2) is 22.1 Å². The number of para-hydroxylation sites is 1. The first-order chi connectivity index (χ1) is 10.0. The molecule has 2 rings (SSSR count). The summed E-state index contributed by atoms with van der Waals surface area (Å²) in [6, 6.07) is 8.33. The van der Waals surface area contributed by atoms with E-state index < -0.39 is 10.8 Å². The molecule has 108 valence electrons. The average Bonchev–Trinajstić information content (AvgIpc) is 2.47. The number of pyridine rings is 1. The molecule has 1 aromatic heterocycles. The predicted molar refractivity (Wildman–Crippen MR) is 82.1 cm³/mol. The third-order valence-corrected chi connectivity index (χ3v) is 3.73. The molecule has 6 nitrogen and oxygen atoms in total. The molecule has 0 atom stereocenters. The molecule has 0 radical (unpaired) electrons. The first-order valence-corrected chi connectivity index (χ1v) is 7.37. The van der Waals surface area contributed by atoms with Gasteiger partial charge in [-0.1, -0.05) is 23.7 Å². The SMILES string of the molecule is CSc1ccccc1NC(=O)c1cc([N+](=O)[O-])cnc1Cl. The molecular weight excluding hydrogens is 314 g/mol. The number of benzene rings is 1. The van der Waals surface area contributed by atoms with E-state index >= 15 is 0 Å². The quantitative estimate of drug-likeness (QED) is 0.402. The van der Waals surface area contributed by atoms with Crippen LogP contribution in [0.4, 0.5) is 11.4 Å². The molecule has 0 aliphatic rings. The van der Waals surface area contributed by atoms with E-state index in [-0.39, 0.29) is 16.4 Å². The molecule has 0 spiro atoms. The molecule has 1 aromatic carbocycles. The fraction of sp³-hybridized carbons (Fsp3) is 0.0769. The molecule has 21 heavy (non-hydrogen) atoms. The largest absolute Gasteiger partial charge is 0.321 e. The topological polar surface area (TPSA) is 85.1 Å². The van der Waals surface area contributed by atoms with Crippen LogP contribution in [-0.2, 0) is 0 Å². The van der Waals surface area contributed by atoms with Crippen LogP contribution in [0.25, 0.3) is 0 Å². The van der Waals surface area contributed by atoms with E-state index in [9.17, 15) is 14.9 Å². The van der Waals surface area contributed by atoms with Crippen LogP contribution >= 0.6 is 23.4 Å². The van der Waals surface area contributed by atoms with Crippen LogP contribution in [0, 0.1) is 10.1 Å². The second-order valence-electron chi connectivity index (χ2n) is 3.94. The Morgan fingerprint density at radius 3 is 2.81 bits per heavy atom. The summed E-state index contributed by atoms with van der Waals surface area (Å²) in [6.45, 7) is 0. The summed E-state index contributed by atoms with van der Waals surface area (Å²) in [7, 11) is 0. The zero-order chi connectivity index (χ0) is 15.4. The smallest absolute Gasteiger partial charge is 0.288 e. The van der Waals surface area contributed by atoms with Crippen molar-refractivity contribution in [1.29, 1.82) is 0 Å². The number of anilines is 1. The Morgan fingerprint density at radius 1 is 1.43 bits per heavy atom. The summed E-state index contributed by atoms with van der Waals surface area (Å²) >= 11 is 7.31. The van der Waals surface area contributed by atoms with Gasteiger partial charge in [0.25, 0.3) is 11.6 Å². The summed E-state index contributed by atoms with van der Waals surface area (Å²) in [4.78, 5) is 26.9. The zero-order valence-electron chi connectivity index (χ0n) is 10.9. The number of nitrogens with one attached hydrogen (secondary N) is 1. The summed E-state index contributed by atoms with van der Waals surface area (Å²) in [5.74, 6) is -0.544. The predicted octanol–water partition coefficient (Wildman–Crippen LogP) is 3.62. The van der Waals surface area contributed by atoms with Crippen molar-refractivity contribution in [2.24, 2.45) is 0 Å². The lowest BCUT2D eigenvalue weighted by Crippen LogP contribution is -2.14. The molecule has 2 aromatic rings. The third kappa shape index (κ3) is 3.50. The van der Waals surface area contributed by atoms with Gasteiger partial charge < -0.3 is 5.32 Å². The average molecular weight is 324 g/mol. The molecular formula is C13H10ClN3O3S. The van der Waals surface area contributed by atoms with Crippen molar-refractivity contribution in [3.8, 4) is 0 Å². The van der Waals surface area contributed by atoms with E-state index in [2.05, 4.69) is 10.3 Å². The van der Waals surface area contributed by atoms with Crippen LogP contribution in [0.1, 0.15) is 10.4 Å². The van der Waals surface area contributed by atoms with E-state index in [1.54, 1.807) is 12.1 Å². The Morgan fingerprint density at radius 2 is 2.14 bits per heavy atom. The van der Waals surface area contributed by atoms with Crippen molar-refractivity contribution in [2.45, 2.75) is 4.90 Å². The number of nitro groups is 1. The first-order valence-electron chi connectivity index (χ1n) is 5.77. The second-order valence-corrected chi connectivity index (χ2v) is 5.15. The number of halogens is 1. The number of nitrogens with zero attached hydrogens (tertiary/aromatic N) is 2. The lowest BCUT2D eigenvalue weighted by molar-refractivity contribution is -0.385. The summed E-state index contributed by atoms with van der Waals surface area (Å²) in [5, 5.41) is 13.3. The van der Waals surface area contributed by atoms with E-state index in [0.29, 0.717) is 5.69 Å². The minimum absolute atomic E-state index is 0.0400. The van der Waals surface area contributed by atoms with Gasteiger partial charge in [-0.15, -0.1) is 11.8 Å². The number of aromatic nitrogens is 1. The molecule has 1 N–H and O–H groups in total. The Bertz CT molecular complexity index is 709. The second kappa shape index (κ2) is 6.55. The number of carbonyl (C=O) groups is 1. The molecule has 1 heterocycles. The Balaban J connectivity index is 2.32. The summed E-state index contributed by atoms with van der Waals surface area (Å²) < 4.78 is 0. The number of hydrogen-bond donors (Lipinski definition) is 1. The molecule has 0 fully saturated rings. The highest BCUT2D eigenvalue weighted by molar-refractivity contribution is 7.98. The number of thioether (sulfide) groups is 1. The first kappa shape index (κ1) is 15.3.